The van der Waals surface area contributed by atoms with E-state index in [4.69, 9.17) is 4.84 Å². The van der Waals surface area contributed by atoms with Gasteiger partial charge in [0, 0.05) is 0 Å². The molecule has 0 radical (unpaired) electrons. The first kappa shape index (κ1) is 22.6. The van der Waals surface area contributed by atoms with E-state index in [2.05, 4.69) is 72.8 Å². The van der Waals surface area contributed by atoms with Crippen molar-refractivity contribution in [1.29, 1.82) is 0 Å². The number of nitrogens with zero attached hydrogens (tertiary/aromatic N) is 1. The monoisotopic (exact) mass is 450 g/mol. The van der Waals surface area contributed by atoms with Crippen molar-refractivity contribution in [3.8, 4) is 0 Å². The third-order valence-electron chi connectivity index (χ3n) is 5.94. The normalized spacial score (nSPS) is 19.1. The molecule has 0 amide bonds. The average molecular weight is 450 g/mol. The molecule has 1 saturated heterocycles. The average Bonchev–Trinajstić information content (AvgIpc) is 3.16. The van der Waals surface area contributed by atoms with Crippen LogP contribution in [0.1, 0.15) is 25.7 Å². The molecular weight excluding hydrogens is 421 g/mol. The highest BCUT2D eigenvalue weighted by Gasteiger charge is 2.44. The largest absolute Gasteiger partial charge is 0.375 e. The first-order valence-electron chi connectivity index (χ1n) is 11.0. The highest BCUT2D eigenvalue weighted by atomic mass is 31.2. The number of benzene rings is 3. The van der Waals surface area contributed by atoms with Gasteiger partial charge in [0.05, 0.1) is 12.6 Å². The van der Waals surface area contributed by atoms with E-state index in [1.807, 2.05) is 18.2 Å². The highest BCUT2D eigenvalue weighted by Crippen LogP contribution is 2.55. The van der Waals surface area contributed by atoms with Crippen LogP contribution >= 0.6 is 7.26 Å². The maximum atomic E-state index is 12.5. The third kappa shape index (κ3) is 4.77. The zero-order valence-corrected chi connectivity index (χ0v) is 18.9. The smallest absolute Gasteiger partial charge is 0.325 e. The summed E-state index contributed by atoms with van der Waals surface area (Å²) in [5.74, 6) is -0.433. The van der Waals surface area contributed by atoms with Crippen molar-refractivity contribution < 1.29 is 19.8 Å². The van der Waals surface area contributed by atoms with Crippen molar-refractivity contribution in [3.05, 3.63) is 91.0 Å². The molecule has 2 N–H and O–H groups in total. The molecule has 6 heteroatoms. The van der Waals surface area contributed by atoms with Gasteiger partial charge in [-0.05, 0) is 55.7 Å². The van der Waals surface area contributed by atoms with Gasteiger partial charge in [-0.2, -0.15) is 0 Å². The predicted octanol–water partition coefficient (Wildman–Crippen LogP) is 2.95. The zero-order chi connectivity index (χ0) is 22.4. The van der Waals surface area contributed by atoms with E-state index in [9.17, 15) is 15.0 Å². The van der Waals surface area contributed by atoms with Gasteiger partial charge in [-0.1, -0.05) is 59.7 Å². The van der Waals surface area contributed by atoms with Crippen molar-refractivity contribution in [3.63, 3.8) is 0 Å². The van der Waals surface area contributed by atoms with Crippen molar-refractivity contribution in [1.82, 2.24) is 5.06 Å². The van der Waals surface area contributed by atoms with Crippen LogP contribution in [0.15, 0.2) is 91.0 Å². The molecule has 1 heterocycles. The molecule has 2 atom stereocenters. The van der Waals surface area contributed by atoms with Crippen LogP contribution in [0.4, 0.5) is 0 Å². The molecule has 0 bridgehead atoms. The molecule has 2 unspecified atom stereocenters. The molecule has 1 fully saturated rings. The molecule has 1 aliphatic heterocycles. The minimum absolute atomic E-state index is 0.212. The Morgan fingerprint density at radius 2 is 1.19 bits per heavy atom. The summed E-state index contributed by atoms with van der Waals surface area (Å²) in [5, 5.41) is 24.6. The lowest BCUT2D eigenvalue weighted by Crippen LogP contribution is -2.38. The van der Waals surface area contributed by atoms with E-state index in [0.29, 0.717) is 19.3 Å². The van der Waals surface area contributed by atoms with Gasteiger partial charge >= 0.3 is 5.97 Å². The van der Waals surface area contributed by atoms with Gasteiger partial charge in [-0.25, -0.2) is 0 Å². The molecule has 3 aromatic rings. The Morgan fingerprint density at radius 1 is 0.781 bits per heavy atom. The minimum Gasteiger partial charge on any atom is -0.375 e. The summed E-state index contributed by atoms with van der Waals surface area (Å²) in [5.41, 5.74) is 0. The minimum atomic E-state index is -1.99. The summed E-state index contributed by atoms with van der Waals surface area (Å²) in [4.78, 5) is 17.8. The molecule has 0 saturated carbocycles. The van der Waals surface area contributed by atoms with Gasteiger partial charge < -0.3 is 15.1 Å². The Balaban J connectivity index is 1.61. The van der Waals surface area contributed by atoms with Gasteiger partial charge in [0.15, 0.2) is 0 Å². The van der Waals surface area contributed by atoms with Gasteiger partial charge in [0.2, 0.25) is 0 Å². The molecule has 0 aliphatic carbocycles. The van der Waals surface area contributed by atoms with Gasteiger partial charge in [-0.3, -0.25) is 4.79 Å². The maximum absolute atomic E-state index is 12.5. The van der Waals surface area contributed by atoms with E-state index in [1.165, 1.54) is 15.9 Å². The quantitative estimate of drug-likeness (QED) is 0.517. The lowest BCUT2D eigenvalue weighted by molar-refractivity contribution is -0.261. The summed E-state index contributed by atoms with van der Waals surface area (Å²) in [6, 6.07) is 31.6. The first-order chi connectivity index (χ1) is 15.6. The SMILES string of the molecule is O=C(CCC[P+](c1ccccc1)(c1ccccc1)c1ccccc1)ON1C(O)CCC1O. The summed E-state index contributed by atoms with van der Waals surface area (Å²) < 4.78 is 0. The van der Waals surface area contributed by atoms with Crippen LogP contribution in [0.25, 0.3) is 0 Å². The van der Waals surface area contributed by atoms with Gasteiger partial charge in [0.1, 0.15) is 35.6 Å². The molecule has 1 aliphatic rings. The standard InChI is InChI=1S/C26H29NO4P/c28-24-18-19-25(29)27(24)31-26(30)17-10-20-32(21-11-4-1-5-12-21,22-13-6-2-7-14-22)23-15-8-3-9-16-23/h1-9,11-16,24-25,28-29H,10,17-20H2/q+1. The van der Waals surface area contributed by atoms with Crippen molar-refractivity contribution in [2.75, 3.05) is 6.16 Å². The zero-order valence-electron chi connectivity index (χ0n) is 18.0. The topological polar surface area (TPSA) is 70.0 Å². The maximum Gasteiger partial charge on any atom is 0.325 e. The van der Waals surface area contributed by atoms with Crippen LogP contribution in [0.2, 0.25) is 0 Å². The summed E-state index contributed by atoms with van der Waals surface area (Å²) in [6.07, 6.45) is 0.538. The predicted molar refractivity (Wildman–Crippen MR) is 128 cm³/mol. The lowest BCUT2D eigenvalue weighted by Gasteiger charge is -2.28. The van der Waals surface area contributed by atoms with Crippen LogP contribution < -0.4 is 15.9 Å². The van der Waals surface area contributed by atoms with Crippen LogP contribution in [-0.4, -0.2) is 39.9 Å². The second-order valence-electron chi connectivity index (χ2n) is 8.01. The molecular formula is C26H29NO4P+. The Hall–Kier alpha value is -2.56. The van der Waals surface area contributed by atoms with Crippen LogP contribution in [-0.2, 0) is 9.63 Å². The fourth-order valence-electron chi connectivity index (χ4n) is 4.38. The Kier molecular flexibility index (Phi) is 7.33. The number of rotatable bonds is 8. The van der Waals surface area contributed by atoms with Gasteiger partial charge in [-0.15, -0.1) is 0 Å². The molecule has 32 heavy (non-hydrogen) atoms. The Bertz CT molecular complexity index is 893. The number of carbonyl (C=O) groups is 1. The summed E-state index contributed by atoms with van der Waals surface area (Å²) >= 11 is 0. The number of carbonyl (C=O) groups excluding carboxylic acids is 1. The Labute approximate surface area is 189 Å². The first-order valence-corrected chi connectivity index (χ1v) is 13.0. The third-order valence-corrected chi connectivity index (χ3v) is 10.5. The fraction of sp³-hybridized carbons (Fsp3) is 0.269. The lowest BCUT2D eigenvalue weighted by atomic mass is 10.3. The molecule has 4 rings (SSSR count). The van der Waals surface area contributed by atoms with Gasteiger partial charge in [0.25, 0.3) is 0 Å². The Morgan fingerprint density at radius 3 is 1.59 bits per heavy atom. The van der Waals surface area contributed by atoms with E-state index >= 15 is 0 Å². The second-order valence-corrected chi connectivity index (χ2v) is 11.6. The summed E-state index contributed by atoms with van der Waals surface area (Å²) in [6.45, 7) is 0. The second kappa shape index (κ2) is 10.4. The van der Waals surface area contributed by atoms with E-state index in [1.54, 1.807) is 0 Å². The number of hydrogen-bond acceptors (Lipinski definition) is 5. The van der Waals surface area contributed by atoms with E-state index < -0.39 is 25.7 Å². The van der Waals surface area contributed by atoms with Crippen LogP contribution in [0.3, 0.4) is 0 Å². The van der Waals surface area contributed by atoms with E-state index in [-0.39, 0.29) is 6.42 Å². The van der Waals surface area contributed by atoms with Crippen molar-refractivity contribution >= 4 is 29.1 Å². The summed E-state index contributed by atoms with van der Waals surface area (Å²) in [7, 11) is -1.99. The highest BCUT2D eigenvalue weighted by molar-refractivity contribution is 7.95. The van der Waals surface area contributed by atoms with E-state index in [0.717, 1.165) is 11.2 Å². The van der Waals surface area contributed by atoms with Crippen LogP contribution in [0, 0.1) is 0 Å². The number of hydroxylamine groups is 2. The molecule has 0 aromatic heterocycles. The van der Waals surface area contributed by atoms with Crippen molar-refractivity contribution in [2.24, 2.45) is 0 Å². The molecule has 5 nitrogen and oxygen atoms in total. The number of aliphatic hydroxyl groups excluding tert-OH is 2. The van der Waals surface area contributed by atoms with Crippen LogP contribution in [0.5, 0.6) is 0 Å². The molecule has 0 spiro atoms. The number of hydrogen-bond donors (Lipinski definition) is 2. The fourth-order valence-corrected chi connectivity index (χ4v) is 8.72. The van der Waals surface area contributed by atoms with Crippen molar-refractivity contribution in [2.45, 2.75) is 38.1 Å². The molecule has 3 aromatic carbocycles. The molecule has 166 valence electrons. The number of aliphatic hydroxyl groups is 2.